The number of rotatable bonds is 8. The van der Waals surface area contributed by atoms with Crippen LogP contribution in [0, 0.1) is 11.2 Å². The summed E-state index contributed by atoms with van der Waals surface area (Å²) in [6.07, 6.45) is 7.45. The monoisotopic (exact) mass is 474 g/mol. The summed E-state index contributed by atoms with van der Waals surface area (Å²) >= 11 is 5.64. The average molecular weight is 475 g/mol. The number of carbonyl (C=O) groups is 2. The van der Waals surface area contributed by atoms with Crippen molar-refractivity contribution in [2.75, 3.05) is 6.61 Å². The maximum absolute atomic E-state index is 13.5. The second-order valence-electron chi connectivity index (χ2n) is 9.53. The maximum atomic E-state index is 13.5. The molecule has 0 spiro atoms. The molecule has 4 aliphatic rings. The van der Waals surface area contributed by atoms with E-state index >= 15 is 0 Å². The number of aliphatic hydroxyl groups excluding tert-OH is 1. The molecule has 3 fully saturated rings. The highest BCUT2D eigenvalue weighted by Crippen LogP contribution is 2.69. The molecule has 4 aliphatic carbocycles. The number of ether oxygens (including phenoxy) is 1. The van der Waals surface area contributed by atoms with Crippen LogP contribution in [-0.2, 0) is 4.79 Å². The molecule has 1 unspecified atom stereocenters. The fourth-order valence-corrected chi connectivity index (χ4v) is 5.48. The van der Waals surface area contributed by atoms with Gasteiger partial charge in [-0.25, -0.2) is 9.37 Å². The first kappa shape index (κ1) is 22.1. The van der Waals surface area contributed by atoms with Gasteiger partial charge in [-0.1, -0.05) is 17.7 Å². The van der Waals surface area contributed by atoms with Crippen LogP contribution < -0.4 is 10.1 Å². The minimum Gasteiger partial charge on any atom is -0.486 e. The molecule has 9 heteroatoms. The number of hydrogen-bond acceptors (Lipinski definition) is 6. The normalized spacial score (nSPS) is 27.7. The number of oxazole rings is 1. The van der Waals surface area contributed by atoms with E-state index in [1.807, 2.05) is 6.08 Å². The quantitative estimate of drug-likeness (QED) is 0.597. The Morgan fingerprint density at radius 2 is 2.12 bits per heavy atom. The van der Waals surface area contributed by atoms with Crippen molar-refractivity contribution in [2.24, 2.45) is 5.41 Å². The van der Waals surface area contributed by atoms with Crippen molar-refractivity contribution in [2.45, 2.75) is 56.6 Å². The van der Waals surface area contributed by atoms with Gasteiger partial charge in [0.1, 0.15) is 18.2 Å². The van der Waals surface area contributed by atoms with Crippen LogP contribution in [0.4, 0.5) is 4.39 Å². The van der Waals surface area contributed by atoms with E-state index in [9.17, 15) is 19.1 Å². The number of ketones is 1. The molecule has 1 aromatic carbocycles. The van der Waals surface area contributed by atoms with E-state index < -0.39 is 5.82 Å². The molecule has 3 saturated carbocycles. The fourth-order valence-electron chi connectivity index (χ4n) is 5.36. The van der Waals surface area contributed by atoms with E-state index in [0.29, 0.717) is 31.6 Å². The molecule has 1 amide bonds. The first-order chi connectivity index (χ1) is 15.7. The highest BCUT2D eigenvalue weighted by molar-refractivity contribution is 6.30. The third-order valence-electron chi connectivity index (χ3n) is 6.77. The summed E-state index contributed by atoms with van der Waals surface area (Å²) in [4.78, 5) is 29.2. The molecule has 6 rings (SSSR count). The molecule has 1 aromatic heterocycles. The molecular formula is C24H24ClFN2O5. The van der Waals surface area contributed by atoms with Gasteiger partial charge in [-0.2, -0.15) is 0 Å². The first-order valence-electron chi connectivity index (χ1n) is 11.0. The molecule has 7 nitrogen and oxygen atoms in total. The smallest absolute Gasteiger partial charge is 0.289 e. The maximum Gasteiger partial charge on any atom is 0.289 e. The number of amides is 1. The van der Waals surface area contributed by atoms with Crippen molar-refractivity contribution < 1.29 is 28.2 Å². The number of aliphatic hydroxyl groups is 1. The molecule has 1 atom stereocenters. The largest absolute Gasteiger partial charge is 0.486 e. The number of Topliss-reactive ketones (excluding diaryl/α,β-unsaturated/α-hetero) is 1. The van der Waals surface area contributed by atoms with Crippen LogP contribution >= 0.6 is 11.6 Å². The lowest BCUT2D eigenvalue weighted by molar-refractivity contribution is -0.162. The Balaban J connectivity index is 1.09. The number of carbonyl (C=O) groups excluding carboxylic acids is 2. The lowest BCUT2D eigenvalue weighted by Crippen LogP contribution is -2.75. The average Bonchev–Trinajstić information content (AvgIpc) is 3.23. The van der Waals surface area contributed by atoms with Gasteiger partial charge in [0.05, 0.1) is 17.3 Å². The fraction of sp³-hybridized carbons (Fsp3) is 0.458. The summed E-state index contributed by atoms with van der Waals surface area (Å²) in [6, 6.07) is 4.07. The van der Waals surface area contributed by atoms with Crippen molar-refractivity contribution in [1.82, 2.24) is 10.3 Å². The second kappa shape index (κ2) is 8.25. The number of nitrogens with zero attached hydrogens (tertiary/aromatic N) is 1. The van der Waals surface area contributed by atoms with Crippen LogP contribution in [0.3, 0.4) is 0 Å². The van der Waals surface area contributed by atoms with E-state index in [-0.39, 0.29) is 51.9 Å². The van der Waals surface area contributed by atoms with Gasteiger partial charge in [-0.15, -0.1) is 0 Å². The Hall–Kier alpha value is -2.71. The highest BCUT2D eigenvalue weighted by Gasteiger charge is 2.68. The van der Waals surface area contributed by atoms with Crippen LogP contribution in [0.2, 0.25) is 5.02 Å². The van der Waals surface area contributed by atoms with Crippen LogP contribution in [-0.4, -0.2) is 40.0 Å². The lowest BCUT2D eigenvalue weighted by Gasteiger charge is -2.70. The number of benzene rings is 1. The summed E-state index contributed by atoms with van der Waals surface area (Å²) in [5, 5.41) is 12.6. The number of hydrogen-bond donors (Lipinski definition) is 2. The molecule has 33 heavy (non-hydrogen) atoms. The van der Waals surface area contributed by atoms with E-state index in [1.54, 1.807) is 0 Å². The van der Waals surface area contributed by atoms with Gasteiger partial charge in [0.2, 0.25) is 11.7 Å². The van der Waals surface area contributed by atoms with Gasteiger partial charge in [-0.3, -0.25) is 9.59 Å². The predicted octanol–water partition coefficient (Wildman–Crippen LogP) is 4.09. The van der Waals surface area contributed by atoms with Gasteiger partial charge in [0.25, 0.3) is 5.91 Å². The molecule has 2 bridgehead atoms. The van der Waals surface area contributed by atoms with Crippen molar-refractivity contribution in [3.05, 3.63) is 53.0 Å². The van der Waals surface area contributed by atoms with Gasteiger partial charge >= 0.3 is 0 Å². The Morgan fingerprint density at radius 3 is 2.82 bits per heavy atom. The molecule has 0 aliphatic heterocycles. The van der Waals surface area contributed by atoms with E-state index in [0.717, 1.165) is 30.9 Å². The van der Waals surface area contributed by atoms with E-state index in [1.165, 1.54) is 18.3 Å². The van der Waals surface area contributed by atoms with Crippen molar-refractivity contribution in [1.29, 1.82) is 0 Å². The Morgan fingerprint density at radius 1 is 1.33 bits per heavy atom. The Labute approximate surface area is 195 Å². The first-order valence-corrected chi connectivity index (χ1v) is 11.4. The zero-order chi connectivity index (χ0) is 23.2. The van der Waals surface area contributed by atoms with Gasteiger partial charge in [0, 0.05) is 23.6 Å². The van der Waals surface area contributed by atoms with Crippen molar-refractivity contribution in [3.8, 4) is 5.75 Å². The molecule has 0 radical (unpaired) electrons. The van der Waals surface area contributed by atoms with Crippen molar-refractivity contribution in [3.63, 3.8) is 0 Å². The summed E-state index contributed by atoms with van der Waals surface area (Å²) < 4.78 is 24.5. The minimum absolute atomic E-state index is 0.00218. The third kappa shape index (κ3) is 4.42. The number of nitrogens with one attached hydrogen (secondary N) is 1. The minimum atomic E-state index is -0.591. The van der Waals surface area contributed by atoms with E-state index in [2.05, 4.69) is 10.3 Å². The molecule has 1 heterocycles. The Kier molecular flexibility index (Phi) is 5.53. The highest BCUT2D eigenvalue weighted by atomic mass is 35.5. The van der Waals surface area contributed by atoms with Gasteiger partial charge in [-0.05, 0) is 56.1 Å². The Bertz CT molecular complexity index is 1120. The lowest BCUT2D eigenvalue weighted by atomic mass is 9.38. The summed E-state index contributed by atoms with van der Waals surface area (Å²) in [5.41, 5.74) is 0.517. The SMILES string of the molecule is O=C(COc1ccc(Cl)c(F)c1)CC12CC(NC(=O)c3cnc(C4=CCC(O)CC4)o3)(C1)C2. The summed E-state index contributed by atoms with van der Waals surface area (Å²) in [7, 11) is 0. The number of allylic oxidation sites excluding steroid dienone is 1. The molecule has 2 N–H and O–H groups in total. The van der Waals surface area contributed by atoms with Gasteiger partial charge < -0.3 is 19.6 Å². The molecule has 0 saturated heterocycles. The predicted molar refractivity (Wildman–Crippen MR) is 117 cm³/mol. The standard InChI is InChI=1S/C24H24ClFN2O5/c25-18-6-5-17(7-19(18)26)32-10-16(30)8-23-11-24(12-23,13-23)28-21(31)20-9-27-22(33-20)14-1-3-15(29)4-2-14/h1,5-7,9,15,29H,2-4,8,10-13H2,(H,28,31). The van der Waals surface area contributed by atoms with Gasteiger partial charge in [0.15, 0.2) is 5.78 Å². The summed E-state index contributed by atoms with van der Waals surface area (Å²) in [5.74, 6) is -0.110. The molecule has 2 aromatic rings. The van der Waals surface area contributed by atoms with Crippen LogP contribution in [0.15, 0.2) is 34.9 Å². The molecular weight excluding hydrogens is 451 g/mol. The van der Waals surface area contributed by atoms with E-state index in [4.69, 9.17) is 20.8 Å². The zero-order valence-corrected chi connectivity index (χ0v) is 18.7. The van der Waals surface area contributed by atoms with Crippen LogP contribution in [0.1, 0.15) is 61.4 Å². The summed E-state index contributed by atoms with van der Waals surface area (Å²) in [6.45, 7) is -0.129. The number of aromatic nitrogens is 1. The topological polar surface area (TPSA) is 102 Å². The zero-order valence-electron chi connectivity index (χ0n) is 17.9. The molecule has 174 valence electrons. The third-order valence-corrected chi connectivity index (χ3v) is 7.08. The van der Waals surface area contributed by atoms with Crippen molar-refractivity contribution >= 4 is 28.9 Å². The number of halogens is 2. The van der Waals surface area contributed by atoms with Crippen LogP contribution in [0.25, 0.3) is 5.57 Å². The second-order valence-corrected chi connectivity index (χ2v) is 9.94. The van der Waals surface area contributed by atoms with Crippen LogP contribution in [0.5, 0.6) is 5.75 Å².